The minimum absolute atomic E-state index is 0.00624. The molecule has 116 valence electrons. The zero-order chi connectivity index (χ0) is 16.2. The second-order valence-corrected chi connectivity index (χ2v) is 8.35. The highest BCUT2D eigenvalue weighted by molar-refractivity contribution is 7.91. The third-order valence-electron chi connectivity index (χ3n) is 3.25. The summed E-state index contributed by atoms with van der Waals surface area (Å²) in [6.07, 6.45) is 1.73. The molecule has 7 heteroatoms. The highest BCUT2D eigenvalue weighted by Crippen LogP contribution is 2.22. The van der Waals surface area contributed by atoms with Crippen molar-refractivity contribution in [2.24, 2.45) is 0 Å². The Balaban J connectivity index is 1.99. The van der Waals surface area contributed by atoms with E-state index in [-0.39, 0.29) is 16.2 Å². The number of hydrogen-bond donors (Lipinski definition) is 1. The van der Waals surface area contributed by atoms with Gasteiger partial charge in [-0.3, -0.25) is 0 Å². The maximum absolute atomic E-state index is 12.3. The topological polar surface area (TPSA) is 82.9 Å². The molecule has 0 saturated carbocycles. The molecule has 1 heterocycles. The molecular weight excluding hydrogens is 318 g/mol. The Bertz CT molecular complexity index is 758. The Morgan fingerprint density at radius 3 is 2.55 bits per heavy atom. The smallest absolute Gasteiger partial charge is 0.179 e. The van der Waals surface area contributed by atoms with Crippen molar-refractivity contribution in [3.8, 4) is 6.07 Å². The van der Waals surface area contributed by atoms with Crippen molar-refractivity contribution in [2.75, 3.05) is 12.3 Å². The van der Waals surface area contributed by atoms with Gasteiger partial charge >= 0.3 is 0 Å². The lowest BCUT2D eigenvalue weighted by Gasteiger charge is -2.23. The summed E-state index contributed by atoms with van der Waals surface area (Å²) in [5.41, 5.74) is 0.0796. The first-order chi connectivity index (χ1) is 10.3. The van der Waals surface area contributed by atoms with Crippen molar-refractivity contribution < 1.29 is 8.42 Å². The molecule has 1 N–H and O–H groups in total. The first-order valence-electron chi connectivity index (χ1n) is 6.73. The van der Waals surface area contributed by atoms with E-state index >= 15 is 0 Å². The Labute approximate surface area is 134 Å². The van der Waals surface area contributed by atoms with Gasteiger partial charge < -0.3 is 5.32 Å². The molecule has 0 unspecified atom stereocenters. The van der Waals surface area contributed by atoms with E-state index in [9.17, 15) is 8.42 Å². The number of aromatic nitrogens is 1. The molecule has 0 atom stereocenters. The van der Waals surface area contributed by atoms with Crippen LogP contribution in [-0.4, -0.2) is 25.7 Å². The van der Waals surface area contributed by atoms with Gasteiger partial charge in [0.25, 0.3) is 0 Å². The monoisotopic (exact) mass is 335 g/mol. The maximum atomic E-state index is 12.3. The molecular formula is C15H17N3O2S2. The highest BCUT2D eigenvalue weighted by Gasteiger charge is 2.23. The molecule has 1 aromatic heterocycles. The second-order valence-electron chi connectivity index (χ2n) is 5.34. The number of hydrogen-bond acceptors (Lipinski definition) is 6. The van der Waals surface area contributed by atoms with E-state index < -0.39 is 9.84 Å². The van der Waals surface area contributed by atoms with Gasteiger partial charge in [-0.25, -0.2) is 13.4 Å². The standard InChI is InChI=1S/C15H17N3O2S2/c1-15(2,14-17-7-9-21-14)18-8-10-22(19,20)13-5-3-12(11-16)4-6-13/h3-7,9,18H,8,10H2,1-2H3. The first kappa shape index (κ1) is 16.6. The summed E-state index contributed by atoms with van der Waals surface area (Å²) in [5, 5.41) is 14.8. The van der Waals surface area contributed by atoms with E-state index in [4.69, 9.17) is 5.26 Å². The van der Waals surface area contributed by atoms with E-state index in [1.54, 1.807) is 6.20 Å². The van der Waals surface area contributed by atoms with E-state index in [0.717, 1.165) is 5.01 Å². The molecule has 22 heavy (non-hydrogen) atoms. The van der Waals surface area contributed by atoms with Gasteiger partial charge in [0.15, 0.2) is 9.84 Å². The number of benzene rings is 1. The number of nitriles is 1. The molecule has 0 bridgehead atoms. The maximum Gasteiger partial charge on any atom is 0.179 e. The molecule has 0 fully saturated rings. The molecule has 0 aliphatic heterocycles. The molecule has 5 nitrogen and oxygen atoms in total. The van der Waals surface area contributed by atoms with E-state index in [2.05, 4.69) is 10.3 Å². The molecule has 0 spiro atoms. The Hall–Kier alpha value is -1.75. The van der Waals surface area contributed by atoms with E-state index in [0.29, 0.717) is 12.1 Å². The summed E-state index contributed by atoms with van der Waals surface area (Å²) in [6, 6.07) is 7.94. The predicted molar refractivity (Wildman–Crippen MR) is 86.4 cm³/mol. The van der Waals surface area contributed by atoms with Gasteiger partial charge in [-0.05, 0) is 38.1 Å². The predicted octanol–water partition coefficient (Wildman–Crippen LogP) is 2.31. The van der Waals surface area contributed by atoms with Gasteiger partial charge in [-0.1, -0.05) is 0 Å². The summed E-state index contributed by atoms with van der Waals surface area (Å²) in [6.45, 7) is 4.27. The van der Waals surface area contributed by atoms with Crippen LogP contribution in [0.3, 0.4) is 0 Å². The van der Waals surface area contributed by atoms with Crippen molar-refractivity contribution >= 4 is 21.2 Å². The Morgan fingerprint density at radius 1 is 1.32 bits per heavy atom. The summed E-state index contributed by atoms with van der Waals surface area (Å²) in [4.78, 5) is 4.49. The summed E-state index contributed by atoms with van der Waals surface area (Å²) in [7, 11) is -3.37. The third-order valence-corrected chi connectivity index (χ3v) is 6.08. The van der Waals surface area contributed by atoms with Crippen molar-refractivity contribution in [3.63, 3.8) is 0 Å². The van der Waals surface area contributed by atoms with Crippen LogP contribution < -0.4 is 5.32 Å². The van der Waals surface area contributed by atoms with Gasteiger partial charge in [0.1, 0.15) is 5.01 Å². The van der Waals surface area contributed by atoms with Crippen molar-refractivity contribution in [1.82, 2.24) is 10.3 Å². The number of rotatable bonds is 6. The van der Waals surface area contributed by atoms with Crippen LogP contribution in [0.25, 0.3) is 0 Å². The number of sulfone groups is 1. The molecule has 0 aliphatic carbocycles. The first-order valence-corrected chi connectivity index (χ1v) is 9.26. The molecule has 0 saturated heterocycles. The van der Waals surface area contributed by atoms with E-state index in [1.807, 2.05) is 25.3 Å². The zero-order valence-electron chi connectivity index (χ0n) is 12.4. The van der Waals surface area contributed by atoms with E-state index in [1.165, 1.54) is 35.6 Å². The lowest BCUT2D eigenvalue weighted by atomic mass is 10.1. The van der Waals surface area contributed by atoms with Crippen LogP contribution in [-0.2, 0) is 15.4 Å². The number of nitrogens with zero attached hydrogens (tertiary/aromatic N) is 2. The van der Waals surface area contributed by atoms with Crippen LogP contribution in [0.4, 0.5) is 0 Å². The van der Waals surface area contributed by atoms with Crippen LogP contribution in [0.2, 0.25) is 0 Å². The van der Waals surface area contributed by atoms with Gasteiger partial charge in [0.2, 0.25) is 0 Å². The molecule has 2 aromatic rings. The lowest BCUT2D eigenvalue weighted by molar-refractivity contribution is 0.413. The summed E-state index contributed by atoms with van der Waals surface area (Å²) in [5.74, 6) is -0.00624. The largest absolute Gasteiger partial charge is 0.305 e. The minimum Gasteiger partial charge on any atom is -0.305 e. The fourth-order valence-corrected chi connectivity index (χ4v) is 3.86. The van der Waals surface area contributed by atoms with Gasteiger partial charge in [0.05, 0.1) is 27.8 Å². The minimum atomic E-state index is -3.37. The zero-order valence-corrected chi connectivity index (χ0v) is 14.0. The average Bonchev–Trinajstić information content (AvgIpc) is 3.02. The quantitative estimate of drug-likeness (QED) is 0.876. The second kappa shape index (κ2) is 6.57. The molecule has 0 amide bonds. The fourth-order valence-electron chi connectivity index (χ4n) is 1.96. The molecule has 0 aliphatic rings. The van der Waals surface area contributed by atoms with Gasteiger partial charge in [0, 0.05) is 18.1 Å². The fraction of sp³-hybridized carbons (Fsp3) is 0.333. The Kier molecular flexibility index (Phi) is 4.96. The normalized spacial score (nSPS) is 12.0. The van der Waals surface area contributed by atoms with Crippen molar-refractivity contribution in [2.45, 2.75) is 24.3 Å². The van der Waals surface area contributed by atoms with Crippen LogP contribution >= 0.6 is 11.3 Å². The van der Waals surface area contributed by atoms with Crippen molar-refractivity contribution in [1.29, 1.82) is 5.26 Å². The Morgan fingerprint density at radius 2 is 2.00 bits per heavy atom. The van der Waals surface area contributed by atoms with Crippen LogP contribution in [0.15, 0.2) is 40.7 Å². The lowest BCUT2D eigenvalue weighted by Crippen LogP contribution is -2.39. The van der Waals surface area contributed by atoms with Gasteiger partial charge in [-0.2, -0.15) is 5.26 Å². The summed E-state index contributed by atoms with van der Waals surface area (Å²) >= 11 is 1.53. The van der Waals surface area contributed by atoms with Crippen molar-refractivity contribution in [3.05, 3.63) is 46.4 Å². The summed E-state index contributed by atoms with van der Waals surface area (Å²) < 4.78 is 24.5. The SMILES string of the molecule is CC(C)(NCCS(=O)(=O)c1ccc(C#N)cc1)c1nccs1. The molecule has 0 radical (unpaired) electrons. The van der Waals surface area contributed by atoms with Crippen LogP contribution in [0, 0.1) is 11.3 Å². The third kappa shape index (κ3) is 3.91. The molecule has 2 rings (SSSR count). The highest BCUT2D eigenvalue weighted by atomic mass is 32.2. The van der Waals surface area contributed by atoms with Gasteiger partial charge in [-0.15, -0.1) is 11.3 Å². The molecule has 1 aromatic carbocycles. The average molecular weight is 335 g/mol. The van der Waals surface area contributed by atoms with Crippen LogP contribution in [0.5, 0.6) is 0 Å². The number of nitrogens with one attached hydrogen (secondary N) is 1. The number of thiazole rings is 1. The van der Waals surface area contributed by atoms with Crippen LogP contribution in [0.1, 0.15) is 24.4 Å².